The van der Waals surface area contributed by atoms with Crippen molar-refractivity contribution in [2.24, 2.45) is 7.05 Å². The third-order valence-corrected chi connectivity index (χ3v) is 17.3. The lowest BCUT2D eigenvalue weighted by molar-refractivity contribution is 0.482. The molecular formula is C55H39N5OSi. The number of fused-ring (bicyclic) bond motifs is 6. The first-order valence-corrected chi connectivity index (χ1v) is 23.0. The van der Waals surface area contributed by atoms with Gasteiger partial charge in [0.25, 0.3) is 0 Å². The summed E-state index contributed by atoms with van der Waals surface area (Å²) in [5.41, 5.74) is 9.44. The number of aromatic nitrogens is 4. The fourth-order valence-electron chi connectivity index (χ4n) is 9.83. The van der Waals surface area contributed by atoms with E-state index in [1.54, 1.807) is 0 Å². The zero-order chi connectivity index (χ0) is 41.2. The Bertz CT molecular complexity index is 3430. The Hall–Kier alpha value is -8.00. The average molecular weight is 814 g/mol. The maximum atomic E-state index is 6.67. The lowest BCUT2D eigenvalue weighted by Gasteiger charge is -2.45. The zero-order valence-corrected chi connectivity index (χ0v) is 34.9. The highest BCUT2D eigenvalue weighted by Gasteiger charge is 2.49. The van der Waals surface area contributed by atoms with Gasteiger partial charge in [-0.2, -0.15) is 0 Å². The first-order chi connectivity index (χ1) is 30.7. The molecule has 3 aromatic heterocycles. The van der Waals surface area contributed by atoms with E-state index < -0.39 is 8.07 Å². The van der Waals surface area contributed by atoms with E-state index in [1.807, 2.05) is 48.7 Å². The summed E-state index contributed by atoms with van der Waals surface area (Å²) in [6.07, 6.45) is 1.89. The Morgan fingerprint density at radius 1 is 0.484 bits per heavy atom. The second-order valence-corrected chi connectivity index (χ2v) is 19.6. The van der Waals surface area contributed by atoms with E-state index in [-0.39, 0.29) is 0 Å². The van der Waals surface area contributed by atoms with Crippen LogP contribution >= 0.6 is 0 Å². The van der Waals surface area contributed by atoms with Crippen LogP contribution in [0.15, 0.2) is 219 Å². The van der Waals surface area contributed by atoms with Crippen molar-refractivity contribution >= 4 is 78.9 Å². The SMILES string of the molecule is Cn1c(-c2cccc(Oc3cccc(-n4c5cc6c(cc5c5cccnc54)[Si](c4ccccc4)(c4ccccc4)c4ccccc4N6c4ccccc4)c3)c2)nc2ccccc21. The summed E-state index contributed by atoms with van der Waals surface area (Å²) in [5.74, 6) is 2.36. The van der Waals surface area contributed by atoms with Gasteiger partial charge in [0, 0.05) is 52.7 Å². The van der Waals surface area contributed by atoms with Crippen LogP contribution in [0.3, 0.4) is 0 Å². The van der Waals surface area contributed by atoms with Crippen LogP contribution in [-0.4, -0.2) is 27.2 Å². The fourth-order valence-corrected chi connectivity index (χ4v) is 14.9. The summed E-state index contributed by atoms with van der Waals surface area (Å²) in [6, 6.07) is 76.1. The minimum atomic E-state index is -2.92. The maximum absolute atomic E-state index is 6.67. The minimum Gasteiger partial charge on any atom is -0.457 e. The van der Waals surface area contributed by atoms with Crippen LogP contribution < -0.4 is 30.4 Å². The third-order valence-electron chi connectivity index (χ3n) is 12.5. The van der Waals surface area contributed by atoms with Gasteiger partial charge in [0.05, 0.1) is 22.2 Å². The monoisotopic (exact) mass is 813 g/mol. The summed E-state index contributed by atoms with van der Waals surface area (Å²) in [4.78, 5) is 12.5. The van der Waals surface area contributed by atoms with E-state index in [2.05, 4.69) is 191 Å². The molecule has 1 aliphatic heterocycles. The summed E-state index contributed by atoms with van der Waals surface area (Å²) in [7, 11) is -0.860. The Morgan fingerprint density at radius 3 is 1.92 bits per heavy atom. The normalized spacial score (nSPS) is 13.0. The molecule has 0 saturated heterocycles. The molecule has 8 aromatic carbocycles. The summed E-state index contributed by atoms with van der Waals surface area (Å²) >= 11 is 0. The molecule has 0 aliphatic carbocycles. The molecule has 0 unspecified atom stereocenters. The van der Waals surface area contributed by atoms with Crippen LogP contribution in [0.25, 0.3) is 50.0 Å². The van der Waals surface area contributed by atoms with Gasteiger partial charge in [-0.25, -0.2) is 9.97 Å². The quantitative estimate of drug-likeness (QED) is 0.150. The summed E-state index contributed by atoms with van der Waals surface area (Å²) < 4.78 is 11.1. The predicted molar refractivity (Wildman–Crippen MR) is 257 cm³/mol. The molecule has 0 saturated carbocycles. The highest BCUT2D eigenvalue weighted by Crippen LogP contribution is 2.42. The number of hydrogen-bond donors (Lipinski definition) is 0. The standard InChI is InChI=1S/C55H39N5OSi/c1-58-48-30-12-11-29-47(48)57-54(58)38-18-15-22-41(34-38)61-42-23-16-21-40(35-42)60-50-37-51-53(36-46(50)45-28-17-33-56-55(45)60)62(43-24-7-3-8-25-43,44-26-9-4-10-27-44)52-32-14-13-31-49(52)59(51)39-19-5-2-6-20-39/h2-37H,1H3. The molecule has 4 heterocycles. The molecule has 0 bridgehead atoms. The number of benzene rings is 8. The Kier molecular flexibility index (Phi) is 8.30. The fraction of sp³-hybridized carbons (Fsp3) is 0.0182. The van der Waals surface area contributed by atoms with Crippen LogP contribution in [0, 0.1) is 0 Å². The number of anilines is 3. The van der Waals surface area contributed by atoms with Gasteiger partial charge in [-0.15, -0.1) is 0 Å². The molecule has 294 valence electrons. The highest BCUT2D eigenvalue weighted by atomic mass is 28.3. The van der Waals surface area contributed by atoms with E-state index in [9.17, 15) is 0 Å². The second-order valence-electron chi connectivity index (χ2n) is 15.9. The Balaban J connectivity index is 1.07. The van der Waals surface area contributed by atoms with Crippen LogP contribution in [0.5, 0.6) is 11.5 Å². The molecule has 0 fully saturated rings. The number of nitrogens with zero attached hydrogens (tertiary/aromatic N) is 5. The van der Waals surface area contributed by atoms with Crippen molar-refractivity contribution in [3.8, 4) is 28.6 Å². The van der Waals surface area contributed by atoms with Gasteiger partial charge in [0.15, 0.2) is 8.07 Å². The van der Waals surface area contributed by atoms with E-state index in [0.29, 0.717) is 0 Å². The molecular weight excluding hydrogens is 775 g/mol. The average Bonchev–Trinajstić information content (AvgIpc) is 3.85. The maximum Gasteiger partial charge on any atom is 0.184 e. The first-order valence-electron chi connectivity index (χ1n) is 21.0. The molecule has 0 spiro atoms. The highest BCUT2D eigenvalue weighted by molar-refractivity contribution is 7.21. The largest absolute Gasteiger partial charge is 0.457 e. The smallest absolute Gasteiger partial charge is 0.184 e. The van der Waals surface area contributed by atoms with E-state index in [4.69, 9.17) is 14.7 Å². The van der Waals surface area contributed by atoms with Gasteiger partial charge < -0.3 is 14.2 Å². The van der Waals surface area contributed by atoms with E-state index in [1.165, 1.54) is 26.4 Å². The number of ether oxygens (including phenoxy) is 1. The van der Waals surface area contributed by atoms with Crippen LogP contribution in [0.2, 0.25) is 0 Å². The number of aryl methyl sites for hydroxylation is 1. The van der Waals surface area contributed by atoms with Gasteiger partial charge >= 0.3 is 0 Å². The van der Waals surface area contributed by atoms with Gasteiger partial charge in [0.2, 0.25) is 0 Å². The number of hydrogen-bond acceptors (Lipinski definition) is 4. The van der Waals surface area contributed by atoms with Crippen molar-refractivity contribution in [2.75, 3.05) is 4.90 Å². The number of para-hydroxylation sites is 4. The van der Waals surface area contributed by atoms with Crippen LogP contribution in [0.1, 0.15) is 0 Å². The Morgan fingerprint density at radius 2 is 1.15 bits per heavy atom. The molecule has 0 atom stereocenters. The summed E-state index contributed by atoms with van der Waals surface area (Å²) in [5, 5.41) is 7.65. The van der Waals surface area contributed by atoms with E-state index in [0.717, 1.165) is 72.9 Å². The second kappa shape index (κ2) is 14.3. The van der Waals surface area contributed by atoms with Gasteiger partial charge in [-0.05, 0) is 99.6 Å². The lowest BCUT2D eigenvalue weighted by atomic mass is 10.1. The van der Waals surface area contributed by atoms with E-state index >= 15 is 0 Å². The lowest BCUT2D eigenvalue weighted by Crippen LogP contribution is -2.77. The molecule has 0 radical (unpaired) electrons. The molecule has 6 nitrogen and oxygen atoms in total. The van der Waals surface area contributed by atoms with Gasteiger partial charge in [-0.3, -0.25) is 4.57 Å². The van der Waals surface area contributed by atoms with Crippen molar-refractivity contribution in [1.29, 1.82) is 0 Å². The molecule has 0 N–H and O–H groups in total. The van der Waals surface area contributed by atoms with Crippen molar-refractivity contribution in [3.05, 3.63) is 219 Å². The number of imidazole rings is 1. The topological polar surface area (TPSA) is 48.1 Å². The Labute approximate surface area is 360 Å². The first kappa shape index (κ1) is 35.9. The molecule has 62 heavy (non-hydrogen) atoms. The minimum absolute atomic E-state index is 0.730. The predicted octanol–water partition coefficient (Wildman–Crippen LogP) is 10.7. The van der Waals surface area contributed by atoms with Gasteiger partial charge in [-0.1, -0.05) is 127 Å². The molecule has 1 aliphatic rings. The van der Waals surface area contributed by atoms with Crippen molar-refractivity contribution in [2.45, 2.75) is 0 Å². The van der Waals surface area contributed by atoms with Gasteiger partial charge in [0.1, 0.15) is 23.0 Å². The third kappa shape index (κ3) is 5.49. The van der Waals surface area contributed by atoms with Crippen LogP contribution in [-0.2, 0) is 7.05 Å². The van der Waals surface area contributed by atoms with Crippen molar-refractivity contribution in [1.82, 2.24) is 19.1 Å². The molecule has 12 rings (SSSR count). The zero-order valence-electron chi connectivity index (χ0n) is 33.9. The molecule has 11 aromatic rings. The summed E-state index contributed by atoms with van der Waals surface area (Å²) in [6.45, 7) is 0. The number of pyridine rings is 1. The van der Waals surface area contributed by atoms with Crippen LogP contribution in [0.4, 0.5) is 17.1 Å². The number of rotatable bonds is 7. The van der Waals surface area contributed by atoms with Crippen molar-refractivity contribution < 1.29 is 4.74 Å². The van der Waals surface area contributed by atoms with Crippen molar-refractivity contribution in [3.63, 3.8) is 0 Å². The molecule has 0 amide bonds. The molecule has 7 heteroatoms.